The minimum Gasteiger partial charge on any atom is -0.478 e. The van der Waals surface area contributed by atoms with Crippen molar-refractivity contribution in [2.45, 2.75) is 45.4 Å². The number of carboxylic acids is 1. The lowest BCUT2D eigenvalue weighted by Gasteiger charge is -2.22. The SMILES string of the molecule is Cc1cc2onc(CCc3ccc(-c4ccc(C(F)(F)F)cc4)cc3)c2cc1OC(C)(C)C(=O)O. The number of benzene rings is 3. The Hall–Kier alpha value is -3.81. The Morgan fingerprint density at radius 3 is 2.14 bits per heavy atom. The quantitative estimate of drug-likeness (QED) is 0.311. The van der Waals surface area contributed by atoms with Gasteiger partial charge in [-0.15, -0.1) is 0 Å². The summed E-state index contributed by atoms with van der Waals surface area (Å²) in [4.78, 5) is 11.4. The van der Waals surface area contributed by atoms with E-state index < -0.39 is 23.3 Å². The van der Waals surface area contributed by atoms with Crippen molar-refractivity contribution < 1.29 is 32.3 Å². The Labute approximate surface area is 200 Å². The van der Waals surface area contributed by atoms with Gasteiger partial charge in [0.15, 0.2) is 11.2 Å². The van der Waals surface area contributed by atoms with Crippen molar-refractivity contribution in [1.82, 2.24) is 5.16 Å². The molecule has 0 saturated heterocycles. The van der Waals surface area contributed by atoms with Crippen molar-refractivity contribution >= 4 is 16.9 Å². The molecule has 0 fully saturated rings. The fourth-order valence-corrected chi connectivity index (χ4v) is 3.70. The molecule has 35 heavy (non-hydrogen) atoms. The van der Waals surface area contributed by atoms with Crippen molar-refractivity contribution in [3.63, 3.8) is 0 Å². The Morgan fingerprint density at radius 2 is 1.57 bits per heavy atom. The van der Waals surface area contributed by atoms with Crippen LogP contribution >= 0.6 is 0 Å². The van der Waals surface area contributed by atoms with Gasteiger partial charge in [-0.25, -0.2) is 4.79 Å². The number of hydrogen-bond donors (Lipinski definition) is 1. The molecular weight excluding hydrogens is 459 g/mol. The molecule has 0 radical (unpaired) electrons. The molecule has 4 rings (SSSR count). The van der Waals surface area contributed by atoms with Gasteiger partial charge in [0, 0.05) is 5.39 Å². The molecule has 182 valence electrons. The maximum atomic E-state index is 12.8. The van der Waals surface area contributed by atoms with Gasteiger partial charge in [0.05, 0.1) is 11.3 Å². The van der Waals surface area contributed by atoms with Crippen molar-refractivity contribution in [3.8, 4) is 16.9 Å². The number of fused-ring (bicyclic) bond motifs is 1. The molecule has 0 unspecified atom stereocenters. The summed E-state index contributed by atoms with van der Waals surface area (Å²) in [6.45, 7) is 4.79. The lowest BCUT2D eigenvalue weighted by atomic mass is 10.00. The number of aliphatic carboxylic acids is 1. The van der Waals surface area contributed by atoms with Crippen LogP contribution in [0.15, 0.2) is 65.2 Å². The van der Waals surface area contributed by atoms with Gasteiger partial charge in [0.25, 0.3) is 0 Å². The number of aryl methyl sites for hydroxylation is 3. The first-order valence-corrected chi connectivity index (χ1v) is 11.0. The first-order chi connectivity index (χ1) is 16.4. The maximum absolute atomic E-state index is 12.8. The van der Waals surface area contributed by atoms with E-state index in [-0.39, 0.29) is 0 Å². The van der Waals surface area contributed by atoms with Crippen LogP contribution in [0.25, 0.3) is 22.1 Å². The second kappa shape index (κ2) is 9.09. The van der Waals surface area contributed by atoms with Crippen LogP contribution < -0.4 is 4.74 Å². The second-order valence-corrected chi connectivity index (χ2v) is 8.93. The summed E-state index contributed by atoms with van der Waals surface area (Å²) in [7, 11) is 0. The highest BCUT2D eigenvalue weighted by atomic mass is 19.4. The molecule has 0 spiro atoms. The number of nitrogens with zero attached hydrogens (tertiary/aromatic N) is 1. The van der Waals surface area contributed by atoms with Gasteiger partial charge in [0.1, 0.15) is 5.75 Å². The van der Waals surface area contributed by atoms with Gasteiger partial charge in [0.2, 0.25) is 0 Å². The van der Waals surface area contributed by atoms with Crippen molar-refractivity contribution in [3.05, 3.63) is 83.0 Å². The highest BCUT2D eigenvalue weighted by molar-refractivity contribution is 5.83. The monoisotopic (exact) mass is 483 g/mol. The maximum Gasteiger partial charge on any atom is 0.416 e. The number of carboxylic acid groups (broad SMARTS) is 1. The molecule has 0 amide bonds. The summed E-state index contributed by atoms with van der Waals surface area (Å²) < 4.78 is 49.5. The van der Waals surface area contributed by atoms with E-state index in [1.807, 2.05) is 31.2 Å². The number of rotatable bonds is 7. The van der Waals surface area contributed by atoms with E-state index in [9.17, 15) is 23.1 Å². The van der Waals surface area contributed by atoms with E-state index in [0.717, 1.165) is 39.9 Å². The fourth-order valence-electron chi connectivity index (χ4n) is 3.70. The van der Waals surface area contributed by atoms with E-state index in [0.29, 0.717) is 29.7 Å². The number of halogens is 3. The van der Waals surface area contributed by atoms with Crippen LogP contribution in [-0.4, -0.2) is 21.8 Å². The van der Waals surface area contributed by atoms with Crippen molar-refractivity contribution in [1.29, 1.82) is 0 Å². The highest BCUT2D eigenvalue weighted by Gasteiger charge is 2.31. The number of aromatic nitrogens is 1. The van der Waals surface area contributed by atoms with E-state index in [4.69, 9.17) is 9.26 Å². The van der Waals surface area contributed by atoms with Crippen LogP contribution in [0.5, 0.6) is 5.75 Å². The predicted molar refractivity (Wildman–Crippen MR) is 125 cm³/mol. The van der Waals surface area contributed by atoms with Crippen LogP contribution in [0.1, 0.15) is 36.2 Å². The normalized spacial score (nSPS) is 12.2. The van der Waals surface area contributed by atoms with Crippen molar-refractivity contribution in [2.75, 3.05) is 0 Å². The summed E-state index contributed by atoms with van der Waals surface area (Å²) in [6.07, 6.45) is -3.11. The minimum atomic E-state index is -4.36. The molecule has 8 heteroatoms. The topological polar surface area (TPSA) is 72.6 Å². The van der Waals surface area contributed by atoms with E-state index in [2.05, 4.69) is 5.16 Å². The molecule has 3 aromatic carbocycles. The summed E-state index contributed by atoms with van der Waals surface area (Å²) >= 11 is 0. The molecule has 0 saturated carbocycles. The Balaban J connectivity index is 1.48. The highest BCUT2D eigenvalue weighted by Crippen LogP contribution is 2.32. The zero-order valence-corrected chi connectivity index (χ0v) is 19.4. The number of alkyl halides is 3. The third kappa shape index (κ3) is 5.31. The first-order valence-electron chi connectivity index (χ1n) is 11.0. The molecule has 0 aliphatic rings. The molecule has 1 heterocycles. The molecule has 0 bridgehead atoms. The van der Waals surface area contributed by atoms with Crippen LogP contribution in [0, 0.1) is 6.92 Å². The zero-order valence-electron chi connectivity index (χ0n) is 19.4. The summed E-state index contributed by atoms with van der Waals surface area (Å²) in [5, 5.41) is 14.3. The minimum absolute atomic E-state index is 0.454. The van der Waals surface area contributed by atoms with Crippen molar-refractivity contribution in [2.24, 2.45) is 0 Å². The molecule has 4 aromatic rings. The van der Waals surface area contributed by atoms with Gasteiger partial charge in [-0.1, -0.05) is 41.6 Å². The van der Waals surface area contributed by atoms with Gasteiger partial charge >= 0.3 is 12.1 Å². The Bertz CT molecular complexity index is 1350. The Morgan fingerprint density at radius 1 is 0.971 bits per heavy atom. The molecule has 0 aliphatic carbocycles. The molecule has 0 aliphatic heterocycles. The van der Waals surface area contributed by atoms with Crippen LogP contribution in [0.2, 0.25) is 0 Å². The molecular formula is C27H24F3NO4. The van der Waals surface area contributed by atoms with Crippen LogP contribution in [0.4, 0.5) is 13.2 Å². The largest absolute Gasteiger partial charge is 0.478 e. The lowest BCUT2D eigenvalue weighted by Crippen LogP contribution is -2.38. The number of ether oxygens (including phenoxy) is 1. The van der Waals surface area contributed by atoms with Crippen LogP contribution in [0.3, 0.4) is 0 Å². The smallest absolute Gasteiger partial charge is 0.416 e. The van der Waals surface area contributed by atoms with Gasteiger partial charge in [-0.05, 0) is 80.1 Å². The summed E-state index contributed by atoms with van der Waals surface area (Å²) in [6, 6.07) is 16.2. The third-order valence-corrected chi connectivity index (χ3v) is 5.87. The number of hydrogen-bond acceptors (Lipinski definition) is 4. The predicted octanol–water partition coefficient (Wildman–Crippen LogP) is 6.85. The molecule has 1 aromatic heterocycles. The van der Waals surface area contributed by atoms with Gasteiger partial charge < -0.3 is 14.4 Å². The van der Waals surface area contributed by atoms with E-state index in [1.165, 1.54) is 26.0 Å². The zero-order chi connectivity index (χ0) is 25.4. The third-order valence-electron chi connectivity index (χ3n) is 5.87. The second-order valence-electron chi connectivity index (χ2n) is 8.93. The van der Waals surface area contributed by atoms with Gasteiger partial charge in [-0.2, -0.15) is 13.2 Å². The average Bonchev–Trinajstić information content (AvgIpc) is 3.19. The molecule has 5 nitrogen and oxygen atoms in total. The van der Waals surface area contributed by atoms with Gasteiger partial charge in [-0.3, -0.25) is 0 Å². The summed E-state index contributed by atoms with van der Waals surface area (Å²) in [5.41, 5.74) is 2.58. The average molecular weight is 483 g/mol. The van der Waals surface area contributed by atoms with E-state index in [1.54, 1.807) is 12.1 Å². The molecule has 0 atom stereocenters. The first kappa shape index (κ1) is 24.3. The number of carbonyl (C=O) groups is 1. The summed E-state index contributed by atoms with van der Waals surface area (Å²) in [5.74, 6) is -0.613. The van der Waals surface area contributed by atoms with Crippen LogP contribution in [-0.2, 0) is 23.8 Å². The standard InChI is InChI=1S/C27H24F3NO4/c1-16-14-24-21(15-23(16)34-26(2,3)25(32)33)22(31-35-24)13-6-17-4-7-18(8-5-17)19-9-11-20(12-10-19)27(28,29)30/h4-5,7-12,14-15H,6,13H2,1-3H3,(H,32,33). The molecule has 1 N–H and O–H groups in total. The Kier molecular flexibility index (Phi) is 6.32. The van der Waals surface area contributed by atoms with E-state index >= 15 is 0 Å². The lowest BCUT2D eigenvalue weighted by molar-refractivity contribution is -0.152. The fraction of sp³-hybridized carbons (Fsp3) is 0.259.